The van der Waals surface area contributed by atoms with Crippen LogP contribution in [-0.4, -0.2) is 67.6 Å². The zero-order valence-corrected chi connectivity index (χ0v) is 19.3. The number of ether oxygens (including phenoxy) is 1. The third-order valence-electron chi connectivity index (χ3n) is 6.92. The average Bonchev–Trinajstić information content (AvgIpc) is 3.54. The first kappa shape index (κ1) is 24.2. The van der Waals surface area contributed by atoms with Crippen LogP contribution in [0.5, 0.6) is 0 Å². The second-order valence-corrected chi connectivity index (χ2v) is 9.15. The maximum atomic E-state index is 13.4. The third kappa shape index (κ3) is 4.41. The van der Waals surface area contributed by atoms with E-state index in [0.717, 1.165) is 30.1 Å². The Kier molecular flexibility index (Phi) is 6.15. The summed E-state index contributed by atoms with van der Waals surface area (Å²) in [4.78, 5) is 23.4. The van der Waals surface area contributed by atoms with Crippen molar-refractivity contribution < 1.29 is 27.1 Å². The summed E-state index contributed by atoms with van der Waals surface area (Å²) in [6, 6.07) is 1.34. The van der Waals surface area contributed by atoms with Gasteiger partial charge < -0.3 is 9.64 Å². The standard InChI is InChI=1S/C24H24F4N6O2/c1-2-20-30-13-19(33(20)8-6-25)21-16-12-29-17(11-18(16)34(31-21)15-24(26,27)28)22(35)32-7-3-23(14-32)4-9-36-10-5-23/h2,6,8,11-13H,1,3-5,7,9-10,14-15H2/b8-6+. The van der Waals surface area contributed by atoms with Crippen LogP contribution in [0, 0.1) is 5.41 Å². The number of carbonyl (C=O) groups is 1. The van der Waals surface area contributed by atoms with E-state index in [1.807, 2.05) is 0 Å². The fourth-order valence-electron chi connectivity index (χ4n) is 5.06. The Morgan fingerprint density at radius 1 is 1.19 bits per heavy atom. The first-order valence-corrected chi connectivity index (χ1v) is 11.5. The van der Waals surface area contributed by atoms with Crippen molar-refractivity contribution in [1.29, 1.82) is 0 Å². The van der Waals surface area contributed by atoms with Gasteiger partial charge in [-0.25, -0.2) is 9.37 Å². The Labute approximate surface area is 203 Å². The molecule has 5 heterocycles. The zero-order valence-electron chi connectivity index (χ0n) is 19.3. The van der Waals surface area contributed by atoms with Gasteiger partial charge in [-0.2, -0.15) is 18.3 Å². The van der Waals surface area contributed by atoms with Crippen molar-refractivity contribution in [2.24, 2.45) is 5.41 Å². The van der Waals surface area contributed by atoms with Gasteiger partial charge in [-0.05, 0) is 36.8 Å². The highest BCUT2D eigenvalue weighted by Crippen LogP contribution is 2.40. The molecule has 2 fully saturated rings. The molecule has 0 aromatic carbocycles. The normalized spacial score (nSPS) is 18.1. The Hall–Kier alpha value is -3.54. The van der Waals surface area contributed by atoms with E-state index in [9.17, 15) is 22.4 Å². The molecule has 0 aliphatic carbocycles. The number of hydrogen-bond donors (Lipinski definition) is 0. The summed E-state index contributed by atoms with van der Waals surface area (Å²) >= 11 is 0. The topological polar surface area (TPSA) is 78.1 Å². The van der Waals surface area contributed by atoms with Crippen LogP contribution in [0.2, 0.25) is 0 Å². The number of rotatable bonds is 5. The number of imidazole rings is 1. The molecule has 1 spiro atoms. The highest BCUT2D eigenvalue weighted by Gasteiger charge is 2.41. The number of nitrogens with zero attached hydrogens (tertiary/aromatic N) is 6. The first-order valence-electron chi connectivity index (χ1n) is 11.5. The van der Waals surface area contributed by atoms with Crippen LogP contribution >= 0.6 is 0 Å². The molecule has 2 saturated heterocycles. The van der Waals surface area contributed by atoms with Gasteiger partial charge in [0.2, 0.25) is 0 Å². The molecule has 0 unspecified atom stereocenters. The number of likely N-dealkylation sites (tertiary alicyclic amines) is 1. The van der Waals surface area contributed by atoms with E-state index < -0.39 is 12.7 Å². The van der Waals surface area contributed by atoms with Crippen molar-refractivity contribution in [1.82, 2.24) is 29.2 Å². The molecule has 3 aromatic rings. The lowest BCUT2D eigenvalue weighted by Crippen LogP contribution is -2.35. The summed E-state index contributed by atoms with van der Waals surface area (Å²) in [5, 5.41) is 4.45. The van der Waals surface area contributed by atoms with Crippen molar-refractivity contribution in [2.75, 3.05) is 26.3 Å². The molecule has 1 amide bonds. The molecule has 3 aromatic heterocycles. The Bertz CT molecular complexity index is 1340. The maximum Gasteiger partial charge on any atom is 0.408 e. The molecule has 0 bridgehead atoms. The molecule has 36 heavy (non-hydrogen) atoms. The van der Waals surface area contributed by atoms with Crippen LogP contribution < -0.4 is 0 Å². The molecule has 2 aliphatic heterocycles. The molecular weight excluding hydrogens is 480 g/mol. The number of carbonyl (C=O) groups excluding carboxylic acids is 1. The van der Waals surface area contributed by atoms with E-state index in [0.29, 0.717) is 26.3 Å². The van der Waals surface area contributed by atoms with Crippen molar-refractivity contribution in [2.45, 2.75) is 32.0 Å². The van der Waals surface area contributed by atoms with Crippen molar-refractivity contribution >= 4 is 29.1 Å². The highest BCUT2D eigenvalue weighted by molar-refractivity contribution is 5.99. The molecule has 0 N–H and O–H groups in total. The third-order valence-corrected chi connectivity index (χ3v) is 6.92. The number of pyridine rings is 1. The van der Waals surface area contributed by atoms with Gasteiger partial charge in [0.1, 0.15) is 30.1 Å². The monoisotopic (exact) mass is 504 g/mol. The zero-order chi connectivity index (χ0) is 25.5. The molecule has 2 aliphatic rings. The molecule has 0 saturated carbocycles. The van der Waals surface area contributed by atoms with Gasteiger partial charge in [0.15, 0.2) is 0 Å². The molecule has 5 rings (SSSR count). The number of amides is 1. The quantitative estimate of drug-likeness (QED) is 0.477. The fraction of sp³-hybridized carbons (Fsp3) is 0.417. The minimum Gasteiger partial charge on any atom is -0.381 e. The van der Waals surface area contributed by atoms with Gasteiger partial charge in [-0.15, -0.1) is 0 Å². The summed E-state index contributed by atoms with van der Waals surface area (Å²) in [5.74, 6) is -0.0471. The molecule has 0 radical (unpaired) electrons. The maximum absolute atomic E-state index is 13.4. The van der Waals surface area contributed by atoms with Crippen LogP contribution in [0.1, 0.15) is 35.6 Å². The van der Waals surface area contributed by atoms with Gasteiger partial charge >= 0.3 is 6.18 Å². The van der Waals surface area contributed by atoms with Crippen LogP contribution in [0.4, 0.5) is 17.6 Å². The number of aromatic nitrogens is 5. The first-order chi connectivity index (χ1) is 17.2. The van der Waals surface area contributed by atoms with Crippen LogP contribution in [-0.2, 0) is 11.3 Å². The van der Waals surface area contributed by atoms with Crippen molar-refractivity contribution in [3.63, 3.8) is 0 Å². The minimum atomic E-state index is -4.56. The van der Waals surface area contributed by atoms with Crippen LogP contribution in [0.25, 0.3) is 34.6 Å². The largest absolute Gasteiger partial charge is 0.408 e. The number of halogens is 4. The molecule has 0 atom stereocenters. The molecule has 8 nitrogen and oxygen atoms in total. The van der Waals surface area contributed by atoms with Gasteiger partial charge in [0.05, 0.1) is 17.4 Å². The second kappa shape index (κ2) is 9.16. The molecule has 12 heteroatoms. The second-order valence-electron chi connectivity index (χ2n) is 9.15. The van der Waals surface area contributed by atoms with Gasteiger partial charge in [-0.1, -0.05) is 6.58 Å². The lowest BCUT2D eigenvalue weighted by atomic mass is 9.80. The van der Waals surface area contributed by atoms with Crippen molar-refractivity contribution in [3.8, 4) is 11.4 Å². The number of hydrogen-bond acceptors (Lipinski definition) is 5. The number of alkyl halides is 3. The SMILES string of the molecule is C=Cc1ncc(-c2nn(CC(F)(F)F)c3cc(C(=O)N4CCC5(CCOCC5)C4)ncc23)n1/C=C/F. The average molecular weight is 504 g/mol. The van der Waals surface area contributed by atoms with Crippen LogP contribution in [0.15, 0.2) is 31.4 Å². The van der Waals surface area contributed by atoms with Gasteiger partial charge in [-0.3, -0.25) is 19.0 Å². The van der Waals surface area contributed by atoms with Crippen LogP contribution in [0.3, 0.4) is 0 Å². The smallest absolute Gasteiger partial charge is 0.381 e. The van der Waals surface area contributed by atoms with E-state index in [-0.39, 0.29) is 51.5 Å². The summed E-state index contributed by atoms with van der Waals surface area (Å²) in [7, 11) is 0. The highest BCUT2D eigenvalue weighted by atomic mass is 19.4. The summed E-state index contributed by atoms with van der Waals surface area (Å²) in [5.41, 5.74) is 0.547. The predicted octanol–water partition coefficient (Wildman–Crippen LogP) is 4.54. The molecular formula is C24H24F4N6O2. The van der Waals surface area contributed by atoms with E-state index in [1.54, 1.807) is 4.90 Å². The van der Waals surface area contributed by atoms with E-state index in [1.165, 1.54) is 29.1 Å². The summed E-state index contributed by atoms with van der Waals surface area (Å²) in [6.07, 6.45) is 3.49. The number of fused-ring (bicyclic) bond motifs is 1. The van der Waals surface area contributed by atoms with E-state index in [4.69, 9.17) is 4.74 Å². The minimum absolute atomic E-state index is 0.0223. The Balaban J connectivity index is 1.55. The van der Waals surface area contributed by atoms with Gasteiger partial charge in [0.25, 0.3) is 5.91 Å². The molecule has 190 valence electrons. The lowest BCUT2D eigenvalue weighted by Gasteiger charge is -2.33. The van der Waals surface area contributed by atoms with E-state index in [2.05, 4.69) is 21.6 Å². The predicted molar refractivity (Wildman–Crippen MR) is 124 cm³/mol. The van der Waals surface area contributed by atoms with Gasteiger partial charge in [0, 0.05) is 44.1 Å². The Morgan fingerprint density at radius 2 is 1.97 bits per heavy atom. The summed E-state index contributed by atoms with van der Waals surface area (Å²) in [6.45, 7) is 4.71. The lowest BCUT2D eigenvalue weighted by molar-refractivity contribution is -0.141. The summed E-state index contributed by atoms with van der Waals surface area (Å²) < 4.78 is 60.8. The van der Waals surface area contributed by atoms with Crippen molar-refractivity contribution in [3.05, 3.63) is 42.9 Å². The Morgan fingerprint density at radius 3 is 2.67 bits per heavy atom. The van der Waals surface area contributed by atoms with E-state index >= 15 is 0 Å². The fourth-order valence-corrected chi connectivity index (χ4v) is 5.06.